The minimum atomic E-state index is -1.03. The van der Waals surface area contributed by atoms with Gasteiger partial charge in [0.05, 0.1) is 5.56 Å². The lowest BCUT2D eigenvalue weighted by Crippen LogP contribution is -2.42. The fraction of sp³-hybridized carbons (Fsp3) is 0.250. The number of benzene rings is 2. The summed E-state index contributed by atoms with van der Waals surface area (Å²) in [5, 5.41) is 11.5. The Bertz CT molecular complexity index is 895. The van der Waals surface area contributed by atoms with Gasteiger partial charge in [-0.05, 0) is 42.7 Å². The number of rotatable bonds is 6. The molecule has 1 heterocycles. The number of anilines is 1. The molecule has 1 aliphatic rings. The van der Waals surface area contributed by atoms with Gasteiger partial charge in [-0.15, -0.1) is 0 Å². The first-order valence-electron chi connectivity index (χ1n) is 8.74. The molecule has 2 aromatic carbocycles. The summed E-state index contributed by atoms with van der Waals surface area (Å²) in [7, 11) is 0. The number of carbonyl (C=O) groups is 3. The van der Waals surface area contributed by atoms with E-state index < -0.39 is 35.2 Å². The molecular weight excluding hydrogens is 370 g/mol. The normalized spacial score (nSPS) is 16.3. The zero-order chi connectivity index (χ0) is 20.3. The Hall–Kier alpha value is -3.29. The van der Waals surface area contributed by atoms with Crippen molar-refractivity contribution in [1.29, 1.82) is 0 Å². The number of carbonyl (C=O) groups excluding carboxylic acids is 2. The van der Waals surface area contributed by atoms with Crippen molar-refractivity contribution in [3.8, 4) is 0 Å². The van der Waals surface area contributed by atoms with Gasteiger partial charge in [0.15, 0.2) is 0 Å². The third kappa shape index (κ3) is 4.16. The topological polar surface area (TPSA) is 86.7 Å². The van der Waals surface area contributed by atoms with Gasteiger partial charge in [0.2, 0.25) is 11.8 Å². The molecule has 0 spiro atoms. The molecule has 28 heavy (non-hydrogen) atoms. The summed E-state index contributed by atoms with van der Waals surface area (Å²) >= 11 is 0. The van der Waals surface area contributed by atoms with Gasteiger partial charge in [0.25, 0.3) is 0 Å². The van der Waals surface area contributed by atoms with E-state index in [2.05, 4.69) is 5.32 Å². The third-order valence-corrected chi connectivity index (χ3v) is 4.59. The number of nitrogens with one attached hydrogen (secondary N) is 1. The van der Waals surface area contributed by atoms with E-state index in [0.29, 0.717) is 6.42 Å². The van der Waals surface area contributed by atoms with E-state index in [0.717, 1.165) is 22.6 Å². The van der Waals surface area contributed by atoms with E-state index in [4.69, 9.17) is 5.11 Å². The Labute approximate surface area is 159 Å². The number of para-hydroxylation sites is 1. The summed E-state index contributed by atoms with van der Waals surface area (Å²) in [5.74, 6) is -3.60. The molecule has 1 saturated heterocycles. The molecule has 1 aliphatic heterocycles. The number of nitrogens with zero attached hydrogens (tertiary/aromatic N) is 1. The van der Waals surface area contributed by atoms with Crippen molar-refractivity contribution < 1.29 is 28.3 Å². The van der Waals surface area contributed by atoms with E-state index in [1.165, 1.54) is 18.2 Å². The number of aryl methyl sites for hydroxylation is 1. The second kappa shape index (κ2) is 8.16. The summed E-state index contributed by atoms with van der Waals surface area (Å²) < 4.78 is 27.8. The molecule has 6 nitrogen and oxygen atoms in total. The first-order chi connectivity index (χ1) is 13.4. The van der Waals surface area contributed by atoms with E-state index in [1.807, 2.05) is 0 Å². The average molecular weight is 388 g/mol. The van der Waals surface area contributed by atoms with Crippen LogP contribution in [-0.4, -0.2) is 35.5 Å². The number of amides is 2. The van der Waals surface area contributed by atoms with Crippen LogP contribution in [0.2, 0.25) is 0 Å². The van der Waals surface area contributed by atoms with Crippen LogP contribution in [0, 0.1) is 11.6 Å². The molecule has 1 fully saturated rings. The first-order valence-corrected chi connectivity index (χ1v) is 8.74. The summed E-state index contributed by atoms with van der Waals surface area (Å²) in [6.07, 6.45) is 0.730. The highest BCUT2D eigenvalue weighted by Gasteiger charge is 2.36. The molecule has 3 rings (SSSR count). The summed E-state index contributed by atoms with van der Waals surface area (Å²) in [5.41, 5.74) is 0.543. The molecule has 2 N–H and O–H groups in total. The van der Waals surface area contributed by atoms with Crippen LogP contribution in [0.25, 0.3) is 0 Å². The predicted octanol–water partition coefficient (Wildman–Crippen LogP) is 2.52. The van der Waals surface area contributed by atoms with E-state index in [1.54, 1.807) is 12.1 Å². The van der Waals surface area contributed by atoms with Crippen molar-refractivity contribution in [2.24, 2.45) is 0 Å². The maximum atomic E-state index is 13.9. The lowest BCUT2D eigenvalue weighted by Gasteiger charge is -2.18. The van der Waals surface area contributed by atoms with Gasteiger partial charge < -0.3 is 15.3 Å². The lowest BCUT2D eigenvalue weighted by atomic mass is 10.1. The van der Waals surface area contributed by atoms with Gasteiger partial charge in [-0.2, -0.15) is 0 Å². The standard InChI is InChI=1S/C20H18F2N2O4/c21-14-2-1-3-15(22)18(14)24-11-10-16(19(24)26)23-17(25)9-6-12-4-7-13(8-5-12)20(27)28/h1-5,7-8,16H,6,9-11H2,(H,23,25)(H,27,28). The third-order valence-electron chi connectivity index (χ3n) is 4.59. The number of hydrogen-bond acceptors (Lipinski definition) is 3. The van der Waals surface area contributed by atoms with Crippen molar-refractivity contribution in [2.75, 3.05) is 11.4 Å². The Kier molecular flexibility index (Phi) is 5.67. The number of halogens is 2. The molecule has 0 bridgehead atoms. The zero-order valence-corrected chi connectivity index (χ0v) is 14.8. The van der Waals surface area contributed by atoms with Crippen LogP contribution in [0.15, 0.2) is 42.5 Å². The predicted molar refractivity (Wildman–Crippen MR) is 97.0 cm³/mol. The van der Waals surface area contributed by atoms with E-state index in [-0.39, 0.29) is 30.9 Å². The van der Waals surface area contributed by atoms with Crippen molar-refractivity contribution in [3.05, 3.63) is 65.2 Å². The van der Waals surface area contributed by atoms with Crippen LogP contribution < -0.4 is 10.2 Å². The molecule has 1 unspecified atom stereocenters. The molecular formula is C20H18F2N2O4. The van der Waals surface area contributed by atoms with Gasteiger partial charge in [0, 0.05) is 13.0 Å². The second-order valence-corrected chi connectivity index (χ2v) is 6.47. The number of aromatic carboxylic acids is 1. The second-order valence-electron chi connectivity index (χ2n) is 6.47. The van der Waals surface area contributed by atoms with Crippen molar-refractivity contribution >= 4 is 23.5 Å². The molecule has 0 aliphatic carbocycles. The monoisotopic (exact) mass is 388 g/mol. The Morgan fingerprint density at radius 1 is 1.11 bits per heavy atom. The lowest BCUT2D eigenvalue weighted by molar-refractivity contribution is -0.126. The molecule has 0 saturated carbocycles. The quantitative estimate of drug-likeness (QED) is 0.796. The van der Waals surface area contributed by atoms with Crippen LogP contribution in [0.4, 0.5) is 14.5 Å². The van der Waals surface area contributed by atoms with Crippen LogP contribution in [0.5, 0.6) is 0 Å². The fourth-order valence-corrected chi connectivity index (χ4v) is 3.12. The van der Waals surface area contributed by atoms with Gasteiger partial charge in [-0.3, -0.25) is 9.59 Å². The Morgan fingerprint density at radius 3 is 2.36 bits per heavy atom. The van der Waals surface area contributed by atoms with Crippen LogP contribution in [0.1, 0.15) is 28.8 Å². The molecule has 0 radical (unpaired) electrons. The molecule has 146 valence electrons. The SMILES string of the molecule is O=C(CCc1ccc(C(=O)O)cc1)NC1CCN(c2c(F)cccc2F)C1=O. The summed E-state index contributed by atoms with van der Waals surface area (Å²) in [6, 6.07) is 8.70. The number of carboxylic acid groups (broad SMARTS) is 1. The van der Waals surface area contributed by atoms with E-state index in [9.17, 15) is 23.2 Å². The maximum Gasteiger partial charge on any atom is 0.335 e. The highest BCUT2D eigenvalue weighted by Crippen LogP contribution is 2.27. The minimum Gasteiger partial charge on any atom is -0.478 e. The molecule has 2 aromatic rings. The molecule has 2 amide bonds. The smallest absolute Gasteiger partial charge is 0.335 e. The Morgan fingerprint density at radius 2 is 1.75 bits per heavy atom. The summed E-state index contributed by atoms with van der Waals surface area (Å²) in [6.45, 7) is 0.109. The number of carboxylic acids is 1. The zero-order valence-electron chi connectivity index (χ0n) is 14.8. The van der Waals surface area contributed by atoms with Gasteiger partial charge >= 0.3 is 5.97 Å². The van der Waals surface area contributed by atoms with Crippen LogP contribution >= 0.6 is 0 Å². The highest BCUT2D eigenvalue weighted by molar-refractivity contribution is 6.01. The largest absolute Gasteiger partial charge is 0.478 e. The van der Waals surface area contributed by atoms with Crippen molar-refractivity contribution in [3.63, 3.8) is 0 Å². The number of hydrogen-bond donors (Lipinski definition) is 2. The van der Waals surface area contributed by atoms with Crippen molar-refractivity contribution in [1.82, 2.24) is 5.32 Å². The fourth-order valence-electron chi connectivity index (χ4n) is 3.12. The first kappa shape index (κ1) is 19.5. The van der Waals surface area contributed by atoms with Crippen LogP contribution in [-0.2, 0) is 16.0 Å². The Balaban J connectivity index is 1.56. The van der Waals surface area contributed by atoms with Crippen LogP contribution in [0.3, 0.4) is 0 Å². The minimum absolute atomic E-state index is 0.101. The summed E-state index contributed by atoms with van der Waals surface area (Å²) in [4.78, 5) is 36.4. The van der Waals surface area contributed by atoms with Gasteiger partial charge in [-0.1, -0.05) is 18.2 Å². The molecule has 0 aromatic heterocycles. The molecule has 1 atom stereocenters. The van der Waals surface area contributed by atoms with E-state index >= 15 is 0 Å². The van der Waals surface area contributed by atoms with Gasteiger partial charge in [-0.25, -0.2) is 13.6 Å². The average Bonchev–Trinajstić information content (AvgIpc) is 3.01. The van der Waals surface area contributed by atoms with Crippen molar-refractivity contribution in [2.45, 2.75) is 25.3 Å². The molecule has 8 heteroatoms. The highest BCUT2D eigenvalue weighted by atomic mass is 19.1. The maximum absolute atomic E-state index is 13.9. The van der Waals surface area contributed by atoms with Gasteiger partial charge in [0.1, 0.15) is 23.4 Å².